The number of carboxylic acid groups (broad SMARTS) is 1. The average Bonchev–Trinajstić information content (AvgIpc) is 3.40. The first-order valence-electron chi connectivity index (χ1n) is 13.0. The molecule has 1 saturated heterocycles. The van der Waals surface area contributed by atoms with Gasteiger partial charge in [-0.05, 0) is 37.4 Å². The number of para-hydroxylation sites is 1. The molecule has 40 heavy (non-hydrogen) atoms. The van der Waals surface area contributed by atoms with Crippen LogP contribution in [0.3, 0.4) is 0 Å². The topological polar surface area (TPSA) is 101 Å². The molecule has 0 radical (unpaired) electrons. The predicted octanol–water partition coefficient (Wildman–Crippen LogP) is 5.49. The fraction of sp³-hybridized carbons (Fsp3) is 0.290. The normalized spacial score (nSPS) is 16.9. The summed E-state index contributed by atoms with van der Waals surface area (Å²) in [4.78, 5) is 43.5. The number of alkyl halides is 1. The van der Waals surface area contributed by atoms with Crippen LogP contribution in [0.15, 0.2) is 89.9 Å². The predicted molar refractivity (Wildman–Crippen MR) is 148 cm³/mol. The van der Waals surface area contributed by atoms with Crippen molar-refractivity contribution in [3.63, 3.8) is 0 Å². The van der Waals surface area contributed by atoms with Gasteiger partial charge in [0.2, 0.25) is 0 Å². The molecular weight excluding hydrogens is 555 g/mol. The molecule has 9 heteroatoms. The number of likely N-dealkylation sites (tertiary alicyclic amines) is 1. The number of hydrogen-bond donors (Lipinski definition) is 1. The first kappa shape index (κ1) is 30.9. The fourth-order valence-electron chi connectivity index (χ4n) is 4.70. The molecule has 1 amide bonds. The van der Waals surface area contributed by atoms with Crippen LogP contribution < -0.4 is 0 Å². The van der Waals surface area contributed by atoms with Crippen LogP contribution in [0, 0.1) is 0 Å². The van der Waals surface area contributed by atoms with Crippen LogP contribution in [0.5, 0.6) is 0 Å². The zero-order valence-corrected chi connectivity index (χ0v) is 23.0. The van der Waals surface area contributed by atoms with E-state index in [1.54, 1.807) is 48.5 Å². The van der Waals surface area contributed by atoms with Crippen molar-refractivity contribution in [3.8, 4) is 0 Å². The second kappa shape index (κ2) is 14.6. The van der Waals surface area contributed by atoms with Gasteiger partial charge < -0.3 is 15.2 Å². The molecule has 7 nitrogen and oxygen atoms in total. The number of carboxylic acids is 1. The Morgan fingerprint density at radius 1 is 1.00 bits per heavy atom. The van der Waals surface area contributed by atoms with Gasteiger partial charge in [0.15, 0.2) is 18.0 Å². The molecule has 3 aromatic carbocycles. The molecule has 0 spiro atoms. The molecule has 1 aliphatic rings. The SMILES string of the molecule is CC(=O)C([18F])CC(N=C(c1ccccc1)c1ccccc1[N-]C(=O)C1CCCN1Cc1ccccc1)C(=O)O.[Ni+2]. The molecule has 1 heterocycles. The Kier molecular flexibility index (Phi) is 11.3. The van der Waals surface area contributed by atoms with E-state index in [1.807, 2.05) is 36.4 Å². The largest absolute Gasteiger partial charge is 2.00 e. The van der Waals surface area contributed by atoms with Crippen molar-refractivity contribution >= 4 is 29.1 Å². The Bertz CT molecular complexity index is 1340. The van der Waals surface area contributed by atoms with Crippen molar-refractivity contribution in [2.24, 2.45) is 4.99 Å². The van der Waals surface area contributed by atoms with Gasteiger partial charge in [0.1, 0.15) is 0 Å². The molecule has 3 atom stereocenters. The van der Waals surface area contributed by atoms with Gasteiger partial charge in [0.05, 0.1) is 17.7 Å². The van der Waals surface area contributed by atoms with Crippen LogP contribution in [0.2, 0.25) is 0 Å². The summed E-state index contributed by atoms with van der Waals surface area (Å²) in [5, 5.41) is 14.3. The van der Waals surface area contributed by atoms with Crippen molar-refractivity contribution < 1.29 is 40.4 Å². The van der Waals surface area contributed by atoms with E-state index in [4.69, 9.17) is 0 Å². The third-order valence-electron chi connectivity index (χ3n) is 6.76. The smallest absolute Gasteiger partial charge is 0.625 e. The number of nitrogens with zero attached hydrogens (tertiary/aromatic N) is 3. The molecule has 0 saturated carbocycles. The molecule has 3 aromatic rings. The van der Waals surface area contributed by atoms with E-state index < -0.39 is 30.4 Å². The summed E-state index contributed by atoms with van der Waals surface area (Å²) in [6.45, 7) is 2.52. The van der Waals surface area contributed by atoms with Gasteiger partial charge in [0.25, 0.3) is 0 Å². The second-order valence-corrected chi connectivity index (χ2v) is 9.59. The zero-order chi connectivity index (χ0) is 27.8. The van der Waals surface area contributed by atoms with Crippen molar-refractivity contribution in [2.45, 2.75) is 51.0 Å². The second-order valence-electron chi connectivity index (χ2n) is 9.59. The molecule has 0 aromatic heterocycles. The van der Waals surface area contributed by atoms with Gasteiger partial charge >= 0.3 is 22.5 Å². The maximum Gasteiger partial charge on any atom is 2.00 e. The number of carbonyl (C=O) groups excluding carboxylic acids is 2. The van der Waals surface area contributed by atoms with Crippen molar-refractivity contribution in [2.75, 3.05) is 6.54 Å². The molecule has 1 N–H and O–H groups in total. The first-order valence-corrected chi connectivity index (χ1v) is 13.0. The van der Waals surface area contributed by atoms with Gasteiger partial charge in [-0.2, -0.15) is 0 Å². The molecular formula is C31H31FN3NiO4+. The molecule has 0 bridgehead atoms. The van der Waals surface area contributed by atoms with E-state index in [9.17, 15) is 23.9 Å². The summed E-state index contributed by atoms with van der Waals surface area (Å²) >= 11 is 0. The summed E-state index contributed by atoms with van der Waals surface area (Å²) in [6, 6.07) is 23.9. The number of carbonyl (C=O) groups is 3. The first-order chi connectivity index (χ1) is 18.8. The summed E-state index contributed by atoms with van der Waals surface area (Å²) in [7, 11) is 0. The van der Waals surface area contributed by atoms with E-state index in [1.165, 1.54) is 0 Å². The van der Waals surface area contributed by atoms with E-state index in [0.29, 0.717) is 29.8 Å². The summed E-state index contributed by atoms with van der Waals surface area (Å²) < 4.78 is 14.3. The number of halogens is 1. The van der Waals surface area contributed by atoms with E-state index in [0.717, 1.165) is 25.5 Å². The Hall–Kier alpha value is -3.68. The maximum absolute atomic E-state index is 14.3. The molecule has 3 unspecified atom stereocenters. The number of amides is 1. The Balaban J connectivity index is 0.00000441. The van der Waals surface area contributed by atoms with Crippen LogP contribution in [0.25, 0.3) is 5.32 Å². The molecule has 0 aliphatic carbocycles. The van der Waals surface area contributed by atoms with Crippen molar-refractivity contribution in [1.82, 2.24) is 4.90 Å². The Morgan fingerprint density at radius 2 is 1.62 bits per heavy atom. The average molecular weight is 586 g/mol. The van der Waals surface area contributed by atoms with E-state index >= 15 is 0 Å². The van der Waals surface area contributed by atoms with Crippen LogP contribution in [-0.4, -0.2) is 58.2 Å². The van der Waals surface area contributed by atoms with Gasteiger partial charge in [-0.1, -0.05) is 84.9 Å². The van der Waals surface area contributed by atoms with Gasteiger partial charge in [-0.15, -0.1) is 5.69 Å². The summed E-state index contributed by atoms with van der Waals surface area (Å²) in [6.07, 6.45) is -0.958. The van der Waals surface area contributed by atoms with Gasteiger partial charge in [0, 0.05) is 18.5 Å². The zero-order valence-electron chi connectivity index (χ0n) is 22.1. The number of Topliss-reactive ketones (excluding diaryl/α,β-unsaturated/α-hetero) is 1. The standard InChI is InChI=1S/C31H32FN3O4.Ni/c1-21(36)25(32)19-27(31(38)39)33-29(23-13-6-3-7-14-23)24-15-8-9-16-26(24)34-30(37)28-17-10-18-35(28)20-22-11-4-2-5-12-22;/h2-9,11-16,25,27-28H,10,17-20H2,1H3,(H2,33,34,37,38,39);/q;+2/p-1/i32-1;. The number of rotatable bonds is 11. The molecule has 1 aliphatic heterocycles. The number of aliphatic imine (C=N–C) groups is 1. The number of hydrogen-bond acceptors (Lipinski definition) is 5. The van der Waals surface area contributed by atoms with Crippen LogP contribution in [0.4, 0.5) is 10.1 Å². The quantitative estimate of drug-likeness (QED) is 0.237. The third-order valence-corrected chi connectivity index (χ3v) is 6.76. The number of aliphatic carboxylic acids is 1. The van der Waals surface area contributed by atoms with E-state index in [-0.39, 0.29) is 34.2 Å². The molecule has 4 rings (SSSR count). The van der Waals surface area contributed by atoms with Gasteiger partial charge in [-0.3, -0.25) is 14.7 Å². The Morgan fingerprint density at radius 3 is 2.27 bits per heavy atom. The molecule has 1 fully saturated rings. The van der Waals surface area contributed by atoms with Crippen LogP contribution in [-0.2, 0) is 37.4 Å². The Labute approximate surface area is 243 Å². The fourth-order valence-corrected chi connectivity index (χ4v) is 4.70. The summed E-state index contributed by atoms with van der Waals surface area (Å²) in [5.74, 6) is -2.38. The number of benzene rings is 3. The minimum Gasteiger partial charge on any atom is -0.625 e. The van der Waals surface area contributed by atoms with Crippen LogP contribution >= 0.6 is 0 Å². The molecule has 210 valence electrons. The number of ketones is 1. The minimum absolute atomic E-state index is 0. The monoisotopic (exact) mass is 585 g/mol. The minimum atomic E-state index is -1.95. The maximum atomic E-state index is 14.3. The van der Waals surface area contributed by atoms with Crippen molar-refractivity contribution in [1.29, 1.82) is 0 Å². The van der Waals surface area contributed by atoms with Gasteiger partial charge in [-0.25, -0.2) is 9.18 Å². The summed E-state index contributed by atoms with van der Waals surface area (Å²) in [5.41, 5.74) is 2.77. The van der Waals surface area contributed by atoms with Crippen molar-refractivity contribution in [3.05, 3.63) is 107 Å². The third kappa shape index (κ3) is 7.93. The van der Waals surface area contributed by atoms with Crippen LogP contribution in [0.1, 0.15) is 42.9 Å². The van der Waals surface area contributed by atoms with E-state index in [2.05, 4.69) is 15.2 Å².